The van der Waals surface area contributed by atoms with Crippen molar-refractivity contribution in [1.29, 1.82) is 0 Å². The van der Waals surface area contributed by atoms with Crippen LogP contribution in [0.3, 0.4) is 0 Å². The number of carbonyl (C=O) groups excluding carboxylic acids is 2. The smallest absolute Gasteiger partial charge is 0.247 e. The lowest BCUT2D eigenvalue weighted by molar-refractivity contribution is -0.141. The summed E-state index contributed by atoms with van der Waals surface area (Å²) < 4.78 is 24.0. The second-order valence-electron chi connectivity index (χ2n) is 9.01. The molecule has 0 aliphatic heterocycles. The van der Waals surface area contributed by atoms with Gasteiger partial charge in [0.15, 0.2) is 11.5 Å². The summed E-state index contributed by atoms with van der Waals surface area (Å²) in [5, 5.41) is 15.3. The third-order valence-corrected chi connectivity index (χ3v) is 5.83. The minimum atomic E-state index is -0.765. The highest BCUT2D eigenvalue weighted by Crippen LogP contribution is 2.30. The van der Waals surface area contributed by atoms with E-state index in [0.29, 0.717) is 40.9 Å². The molecule has 2 aromatic carbocycles. The zero-order valence-corrected chi connectivity index (χ0v) is 21.8. The summed E-state index contributed by atoms with van der Waals surface area (Å²) in [6, 6.07) is 10.2. The summed E-state index contributed by atoms with van der Waals surface area (Å²) >= 11 is 0. The maximum atomic E-state index is 13.4. The van der Waals surface area contributed by atoms with Crippen LogP contribution in [0.4, 0.5) is 4.39 Å². The maximum Gasteiger partial charge on any atom is 0.247 e. The van der Waals surface area contributed by atoms with Gasteiger partial charge >= 0.3 is 0 Å². The van der Waals surface area contributed by atoms with Crippen LogP contribution in [-0.4, -0.2) is 63.7 Å². The molecule has 198 valence electrons. The van der Waals surface area contributed by atoms with E-state index in [-0.39, 0.29) is 30.7 Å². The highest BCUT2D eigenvalue weighted by Gasteiger charge is 2.27. The van der Waals surface area contributed by atoms with E-state index in [1.165, 1.54) is 28.9 Å². The normalized spacial score (nSPS) is 11.8. The van der Waals surface area contributed by atoms with Crippen LogP contribution in [0.1, 0.15) is 32.8 Å². The van der Waals surface area contributed by atoms with Crippen LogP contribution >= 0.6 is 0 Å². The van der Waals surface area contributed by atoms with Crippen molar-refractivity contribution in [3.05, 3.63) is 53.8 Å². The Balaban J connectivity index is 1.77. The van der Waals surface area contributed by atoms with Gasteiger partial charge in [-0.1, -0.05) is 26.0 Å². The van der Waals surface area contributed by atoms with Crippen molar-refractivity contribution in [2.24, 2.45) is 5.92 Å². The van der Waals surface area contributed by atoms with Crippen molar-refractivity contribution in [2.45, 2.75) is 46.3 Å². The van der Waals surface area contributed by atoms with Crippen molar-refractivity contribution in [1.82, 2.24) is 30.4 Å². The monoisotopic (exact) mass is 512 g/mol. The predicted octanol–water partition coefficient (Wildman–Crippen LogP) is 3.08. The summed E-state index contributed by atoms with van der Waals surface area (Å²) in [5.41, 5.74) is 1.33. The van der Waals surface area contributed by atoms with Crippen LogP contribution in [-0.2, 0) is 22.7 Å². The molecule has 1 atom stereocenters. The van der Waals surface area contributed by atoms with Crippen molar-refractivity contribution in [3.8, 4) is 22.9 Å². The summed E-state index contributed by atoms with van der Waals surface area (Å²) in [5.74, 6) is 0.779. The Hall–Kier alpha value is -4.02. The van der Waals surface area contributed by atoms with Crippen LogP contribution < -0.4 is 14.8 Å². The van der Waals surface area contributed by atoms with Crippen molar-refractivity contribution in [2.75, 3.05) is 20.8 Å². The van der Waals surface area contributed by atoms with Crippen LogP contribution in [0.5, 0.6) is 11.5 Å². The Bertz CT molecular complexity index is 1200. The second-order valence-corrected chi connectivity index (χ2v) is 9.01. The van der Waals surface area contributed by atoms with Crippen LogP contribution in [0.15, 0.2) is 42.5 Å². The fourth-order valence-corrected chi connectivity index (χ4v) is 3.61. The number of nitrogens with one attached hydrogen (secondary N) is 1. The fourth-order valence-electron chi connectivity index (χ4n) is 3.61. The highest BCUT2D eigenvalue weighted by molar-refractivity contribution is 5.87. The minimum absolute atomic E-state index is 0.120. The number of carbonyl (C=O) groups is 2. The third kappa shape index (κ3) is 7.48. The minimum Gasteiger partial charge on any atom is -0.493 e. The van der Waals surface area contributed by atoms with E-state index in [0.717, 1.165) is 6.42 Å². The average molecular weight is 513 g/mol. The lowest BCUT2D eigenvalue weighted by Gasteiger charge is -2.28. The van der Waals surface area contributed by atoms with E-state index in [2.05, 4.69) is 34.6 Å². The van der Waals surface area contributed by atoms with Gasteiger partial charge in [0.25, 0.3) is 0 Å². The second kappa shape index (κ2) is 12.8. The molecule has 0 bridgehead atoms. The molecule has 0 saturated carbocycles. The molecule has 10 nitrogen and oxygen atoms in total. The first kappa shape index (κ1) is 27.6. The van der Waals surface area contributed by atoms with Crippen molar-refractivity contribution < 1.29 is 23.5 Å². The molecule has 0 aliphatic carbocycles. The van der Waals surface area contributed by atoms with Gasteiger partial charge in [-0.2, -0.15) is 4.80 Å². The Morgan fingerprint density at radius 2 is 1.76 bits per heavy atom. The summed E-state index contributed by atoms with van der Waals surface area (Å²) in [6.07, 6.45) is 0.826. The molecule has 11 heteroatoms. The Labute approximate surface area is 215 Å². The Morgan fingerprint density at radius 1 is 1.05 bits per heavy atom. The lowest BCUT2D eigenvalue weighted by Crippen LogP contribution is -2.49. The quantitative estimate of drug-likeness (QED) is 0.397. The number of benzene rings is 2. The van der Waals surface area contributed by atoms with Gasteiger partial charge in [-0.3, -0.25) is 9.59 Å². The van der Waals surface area contributed by atoms with Crippen molar-refractivity contribution >= 4 is 11.8 Å². The molecule has 3 rings (SSSR count). The molecule has 2 amide bonds. The SMILES string of the molecule is COc1ccc(-c2nnn(CC(=O)N(Cc3ccc(F)cc3)[C@@H](C)C(=O)NCCC(C)C)n2)cc1OC. The van der Waals surface area contributed by atoms with Crippen LogP contribution in [0.2, 0.25) is 0 Å². The molecule has 0 saturated heterocycles. The summed E-state index contributed by atoms with van der Waals surface area (Å²) in [7, 11) is 3.07. The molecular formula is C26H33FN6O4. The first-order chi connectivity index (χ1) is 17.7. The van der Waals surface area contributed by atoms with E-state index in [1.54, 1.807) is 44.4 Å². The summed E-state index contributed by atoms with van der Waals surface area (Å²) in [4.78, 5) is 28.8. The number of halogens is 1. The van der Waals surface area contributed by atoms with E-state index in [9.17, 15) is 14.0 Å². The molecule has 0 radical (unpaired) electrons. The van der Waals surface area contributed by atoms with E-state index in [1.807, 2.05) is 0 Å². The number of amides is 2. The average Bonchev–Trinajstić information content (AvgIpc) is 3.35. The molecule has 37 heavy (non-hydrogen) atoms. The number of rotatable bonds is 12. The summed E-state index contributed by atoms with van der Waals surface area (Å²) in [6.45, 7) is 6.21. The van der Waals surface area contributed by atoms with Gasteiger partial charge < -0.3 is 19.7 Å². The number of methoxy groups -OCH3 is 2. The van der Waals surface area contributed by atoms with Gasteiger partial charge in [0.2, 0.25) is 17.6 Å². The van der Waals surface area contributed by atoms with Gasteiger partial charge in [0.05, 0.1) is 14.2 Å². The predicted molar refractivity (Wildman–Crippen MR) is 135 cm³/mol. The first-order valence-electron chi connectivity index (χ1n) is 12.0. The van der Waals surface area contributed by atoms with E-state index < -0.39 is 6.04 Å². The Kier molecular flexibility index (Phi) is 9.53. The largest absolute Gasteiger partial charge is 0.493 e. The standard InChI is InChI=1S/C26H33FN6O4/c1-17(2)12-13-28-26(35)18(3)32(15-19-6-9-21(27)10-7-19)24(34)16-33-30-25(29-31-33)20-8-11-22(36-4)23(14-20)37-5/h6-11,14,17-18H,12-13,15-16H2,1-5H3,(H,28,35)/t18-/m0/s1. The highest BCUT2D eigenvalue weighted by atomic mass is 19.1. The number of hydrogen-bond acceptors (Lipinski definition) is 7. The molecule has 3 aromatic rings. The van der Waals surface area contributed by atoms with Crippen LogP contribution in [0.25, 0.3) is 11.4 Å². The molecule has 0 spiro atoms. The lowest BCUT2D eigenvalue weighted by atomic mass is 10.1. The van der Waals surface area contributed by atoms with E-state index >= 15 is 0 Å². The maximum absolute atomic E-state index is 13.4. The number of nitrogens with zero attached hydrogens (tertiary/aromatic N) is 5. The van der Waals surface area contributed by atoms with Gasteiger partial charge in [-0.05, 0) is 60.4 Å². The molecule has 0 unspecified atom stereocenters. The number of aromatic nitrogens is 4. The number of tetrazole rings is 1. The molecule has 1 N–H and O–H groups in total. The number of hydrogen-bond donors (Lipinski definition) is 1. The molecule has 0 fully saturated rings. The molecule has 1 aromatic heterocycles. The molecule has 1 heterocycles. The van der Waals surface area contributed by atoms with Crippen LogP contribution in [0, 0.1) is 11.7 Å². The van der Waals surface area contributed by atoms with Gasteiger partial charge in [0, 0.05) is 18.7 Å². The molecular weight excluding hydrogens is 479 g/mol. The molecule has 0 aliphatic rings. The zero-order chi connectivity index (χ0) is 26.9. The Morgan fingerprint density at radius 3 is 2.41 bits per heavy atom. The van der Waals surface area contributed by atoms with E-state index in [4.69, 9.17) is 9.47 Å². The topological polar surface area (TPSA) is 111 Å². The fraction of sp³-hybridized carbons (Fsp3) is 0.423. The van der Waals surface area contributed by atoms with Crippen molar-refractivity contribution in [3.63, 3.8) is 0 Å². The van der Waals surface area contributed by atoms with Gasteiger partial charge in [0.1, 0.15) is 18.4 Å². The van der Waals surface area contributed by atoms with Gasteiger partial charge in [-0.15, -0.1) is 10.2 Å². The third-order valence-electron chi connectivity index (χ3n) is 5.83. The first-order valence-corrected chi connectivity index (χ1v) is 12.0. The zero-order valence-electron chi connectivity index (χ0n) is 21.8. The van der Waals surface area contributed by atoms with Gasteiger partial charge in [-0.25, -0.2) is 4.39 Å². The number of ether oxygens (including phenoxy) is 2.